The maximum atomic E-state index is 6.22. The molecule has 0 bridgehead atoms. The van der Waals surface area contributed by atoms with Gasteiger partial charge in [0.2, 0.25) is 0 Å². The fourth-order valence-electron chi connectivity index (χ4n) is 2.93. The predicted molar refractivity (Wildman–Crippen MR) is 87.0 cm³/mol. The van der Waals surface area contributed by atoms with Gasteiger partial charge in [0.15, 0.2) is 0 Å². The number of ether oxygens (including phenoxy) is 1. The van der Waals surface area contributed by atoms with Gasteiger partial charge >= 0.3 is 0 Å². The molecule has 1 atom stereocenters. The molecule has 1 nitrogen and oxygen atoms in total. The zero-order valence-corrected chi connectivity index (χ0v) is 13.6. The van der Waals surface area contributed by atoms with Crippen LogP contribution < -0.4 is 4.74 Å². The van der Waals surface area contributed by atoms with Crippen molar-refractivity contribution in [2.45, 2.75) is 17.7 Å². The molecule has 3 rings (SSSR count). The summed E-state index contributed by atoms with van der Waals surface area (Å²) in [7, 11) is 1.64. The zero-order valence-electron chi connectivity index (χ0n) is 11.3. The number of benzene rings is 2. The summed E-state index contributed by atoms with van der Waals surface area (Å²) in [5.74, 6) is 1.31. The summed E-state index contributed by atoms with van der Waals surface area (Å²) in [6.07, 6.45) is 2.24. The van der Waals surface area contributed by atoms with E-state index in [1.807, 2.05) is 12.1 Å². The maximum absolute atomic E-state index is 6.22. The molecule has 0 radical (unpaired) electrons. The van der Waals surface area contributed by atoms with Gasteiger partial charge in [-0.25, -0.2) is 0 Å². The Bertz CT molecular complexity index is 601. The lowest BCUT2D eigenvalue weighted by molar-refractivity contribution is 0.414. The lowest BCUT2D eigenvalue weighted by Crippen LogP contribution is -2.07. The van der Waals surface area contributed by atoms with E-state index in [4.69, 9.17) is 16.3 Å². The molecule has 0 aliphatic heterocycles. The fraction of sp³-hybridized carbons (Fsp3) is 0.294. The molecule has 0 spiro atoms. The molecule has 2 aromatic rings. The van der Waals surface area contributed by atoms with Crippen molar-refractivity contribution in [3.05, 3.63) is 64.2 Å². The molecule has 3 heteroatoms. The van der Waals surface area contributed by atoms with Gasteiger partial charge in [0, 0.05) is 4.83 Å². The van der Waals surface area contributed by atoms with E-state index in [9.17, 15) is 0 Å². The van der Waals surface area contributed by atoms with Crippen LogP contribution in [0.1, 0.15) is 21.5 Å². The maximum Gasteiger partial charge on any atom is 0.137 e. The molecule has 0 heterocycles. The molecule has 1 unspecified atom stereocenters. The van der Waals surface area contributed by atoms with Gasteiger partial charge in [-0.15, -0.1) is 0 Å². The van der Waals surface area contributed by atoms with Crippen LogP contribution in [0.15, 0.2) is 42.5 Å². The molecule has 0 fully saturated rings. The van der Waals surface area contributed by atoms with E-state index < -0.39 is 0 Å². The molecule has 20 heavy (non-hydrogen) atoms. The van der Waals surface area contributed by atoms with Crippen LogP contribution >= 0.6 is 27.5 Å². The summed E-state index contributed by atoms with van der Waals surface area (Å²) in [5.41, 5.74) is 4.16. The molecular weight excluding hydrogens is 336 g/mol. The van der Waals surface area contributed by atoms with Gasteiger partial charge < -0.3 is 4.74 Å². The Labute approximate surface area is 133 Å². The van der Waals surface area contributed by atoms with Gasteiger partial charge in [0.05, 0.1) is 12.1 Å². The summed E-state index contributed by atoms with van der Waals surface area (Å²) in [6.45, 7) is 0. The van der Waals surface area contributed by atoms with Crippen LogP contribution in [0.2, 0.25) is 5.02 Å². The lowest BCUT2D eigenvalue weighted by Gasteiger charge is -2.18. The van der Waals surface area contributed by atoms with Crippen LogP contribution in [-0.4, -0.2) is 7.11 Å². The number of rotatable bonds is 3. The van der Waals surface area contributed by atoms with Gasteiger partial charge in [-0.1, -0.05) is 57.9 Å². The van der Waals surface area contributed by atoms with Gasteiger partial charge in [0.1, 0.15) is 5.75 Å². The average molecular weight is 352 g/mol. The minimum absolute atomic E-state index is 0.318. The summed E-state index contributed by atoms with van der Waals surface area (Å²) < 4.78 is 5.21. The van der Waals surface area contributed by atoms with E-state index in [0.29, 0.717) is 15.8 Å². The fourth-order valence-corrected chi connectivity index (χ4v) is 3.85. The third kappa shape index (κ3) is 2.59. The van der Waals surface area contributed by atoms with Crippen molar-refractivity contribution in [1.82, 2.24) is 0 Å². The van der Waals surface area contributed by atoms with Crippen molar-refractivity contribution in [2.24, 2.45) is 5.92 Å². The average Bonchev–Trinajstić information content (AvgIpc) is 2.90. The number of hydrogen-bond acceptors (Lipinski definition) is 1. The van der Waals surface area contributed by atoms with Crippen molar-refractivity contribution in [1.29, 1.82) is 0 Å². The highest BCUT2D eigenvalue weighted by Gasteiger charge is 2.28. The Morgan fingerprint density at radius 1 is 1.15 bits per heavy atom. The van der Waals surface area contributed by atoms with Crippen molar-refractivity contribution >= 4 is 27.5 Å². The molecule has 0 amide bonds. The number of hydrogen-bond donors (Lipinski definition) is 0. The van der Waals surface area contributed by atoms with Crippen LogP contribution in [0, 0.1) is 5.92 Å². The molecule has 1 aliphatic rings. The van der Waals surface area contributed by atoms with Crippen molar-refractivity contribution in [3.63, 3.8) is 0 Å². The Morgan fingerprint density at radius 2 is 1.80 bits per heavy atom. The number of halogens is 2. The topological polar surface area (TPSA) is 9.23 Å². The molecule has 0 aromatic heterocycles. The Morgan fingerprint density at radius 3 is 2.35 bits per heavy atom. The van der Waals surface area contributed by atoms with E-state index in [1.54, 1.807) is 7.11 Å². The largest absolute Gasteiger partial charge is 0.495 e. The second-order valence-corrected chi connectivity index (χ2v) is 6.63. The molecular formula is C17H16BrClO. The Balaban J connectivity index is 1.81. The van der Waals surface area contributed by atoms with Crippen molar-refractivity contribution in [2.75, 3.05) is 7.11 Å². The Hall–Kier alpha value is -0.990. The van der Waals surface area contributed by atoms with Gasteiger partial charge in [0.25, 0.3) is 0 Å². The van der Waals surface area contributed by atoms with E-state index in [1.165, 1.54) is 16.7 Å². The smallest absolute Gasteiger partial charge is 0.137 e. The van der Waals surface area contributed by atoms with Gasteiger partial charge in [-0.3, -0.25) is 0 Å². The first kappa shape index (κ1) is 14.0. The molecule has 0 saturated carbocycles. The molecule has 0 saturated heterocycles. The first-order chi connectivity index (χ1) is 9.69. The third-order valence-electron chi connectivity index (χ3n) is 3.99. The minimum atomic E-state index is 0.318. The van der Waals surface area contributed by atoms with Crippen LogP contribution in [0.4, 0.5) is 0 Å². The highest BCUT2D eigenvalue weighted by atomic mass is 79.9. The molecule has 104 valence electrons. The van der Waals surface area contributed by atoms with Crippen LogP contribution in [-0.2, 0) is 12.8 Å². The third-order valence-corrected chi connectivity index (χ3v) is 5.56. The lowest BCUT2D eigenvalue weighted by atomic mass is 9.96. The summed E-state index contributed by atoms with van der Waals surface area (Å²) >= 11 is 10.1. The van der Waals surface area contributed by atoms with Gasteiger partial charge in [-0.05, 0) is 47.6 Å². The normalized spacial score (nSPS) is 15.9. The van der Waals surface area contributed by atoms with E-state index in [-0.39, 0.29) is 0 Å². The monoisotopic (exact) mass is 350 g/mol. The van der Waals surface area contributed by atoms with Crippen LogP contribution in [0.3, 0.4) is 0 Å². The number of methoxy groups -OCH3 is 1. The van der Waals surface area contributed by atoms with Gasteiger partial charge in [-0.2, -0.15) is 0 Å². The zero-order chi connectivity index (χ0) is 14.1. The predicted octanol–water partition coefficient (Wildman–Crippen LogP) is 5.20. The minimum Gasteiger partial charge on any atom is -0.495 e. The Kier molecular flexibility index (Phi) is 4.04. The van der Waals surface area contributed by atoms with Crippen LogP contribution in [0.5, 0.6) is 5.75 Å². The second kappa shape index (κ2) is 5.79. The van der Waals surface area contributed by atoms with Crippen molar-refractivity contribution < 1.29 is 4.74 Å². The summed E-state index contributed by atoms with van der Waals surface area (Å²) in [5, 5.41) is 0.671. The molecule has 0 N–H and O–H groups in total. The second-order valence-electron chi connectivity index (χ2n) is 5.23. The highest BCUT2D eigenvalue weighted by Crippen LogP contribution is 2.41. The highest BCUT2D eigenvalue weighted by molar-refractivity contribution is 9.09. The van der Waals surface area contributed by atoms with E-state index >= 15 is 0 Å². The first-order valence-corrected chi connectivity index (χ1v) is 8.02. The number of fused-ring (bicyclic) bond motifs is 1. The standard InChI is InChI=1S/C17H16BrClO/c1-20-16-7-6-13(10-15(16)19)17(18)14-8-11-4-2-3-5-12(11)9-14/h2-7,10,14,17H,8-9H2,1H3. The van der Waals surface area contributed by atoms with E-state index in [2.05, 4.69) is 46.3 Å². The summed E-state index contributed by atoms with van der Waals surface area (Å²) in [4.78, 5) is 0.318. The quantitative estimate of drug-likeness (QED) is 0.691. The SMILES string of the molecule is COc1ccc(C(Br)C2Cc3ccccc3C2)cc1Cl. The first-order valence-electron chi connectivity index (χ1n) is 6.73. The molecule has 1 aliphatic carbocycles. The summed E-state index contributed by atoms with van der Waals surface area (Å²) in [6, 6.07) is 14.7. The molecule has 2 aromatic carbocycles. The van der Waals surface area contributed by atoms with E-state index in [0.717, 1.165) is 18.6 Å². The van der Waals surface area contributed by atoms with Crippen LogP contribution in [0.25, 0.3) is 0 Å². The number of alkyl halides is 1. The van der Waals surface area contributed by atoms with Crippen molar-refractivity contribution in [3.8, 4) is 5.75 Å².